The quantitative estimate of drug-likeness (QED) is 0.0243. The number of carbonyl (C=O) groups excluding carboxylic acids is 1. The van der Waals surface area contributed by atoms with Crippen LogP contribution < -0.4 is 5.32 Å². The first kappa shape index (κ1) is 66.7. The molecule has 0 fully saturated rings. The molecule has 0 saturated heterocycles. The minimum atomic E-state index is -4.35. The van der Waals surface area contributed by atoms with Gasteiger partial charge in [-0.15, -0.1) is 0 Å². The molecule has 0 heterocycles. The zero-order valence-electron chi connectivity index (χ0n) is 45.9. The Kier molecular flexibility index (Phi) is 49.7. The van der Waals surface area contributed by atoms with E-state index in [1.54, 1.807) is 6.08 Å². The van der Waals surface area contributed by atoms with Crippen molar-refractivity contribution in [3.8, 4) is 0 Å². The smallest absolute Gasteiger partial charge is 0.387 e. The third-order valence-electron chi connectivity index (χ3n) is 13.4. The van der Waals surface area contributed by atoms with Gasteiger partial charge in [0, 0.05) is 6.42 Å². The van der Waals surface area contributed by atoms with Crippen molar-refractivity contribution in [2.24, 2.45) is 0 Å². The van der Waals surface area contributed by atoms with Crippen LogP contribution in [0, 0.1) is 0 Å². The number of nitrogens with one attached hydrogen (secondary N) is 1. The van der Waals surface area contributed by atoms with Crippen molar-refractivity contribution < 1.29 is 32.9 Å². The van der Waals surface area contributed by atoms with Gasteiger partial charge < -0.3 is 19.8 Å². The summed E-state index contributed by atoms with van der Waals surface area (Å²) in [6, 6.07) is -0.849. The summed E-state index contributed by atoms with van der Waals surface area (Å²) in [5.74, 6) is -0.178. The summed E-state index contributed by atoms with van der Waals surface area (Å²) in [5, 5.41) is 14.0. The van der Waals surface area contributed by atoms with E-state index >= 15 is 0 Å². The average Bonchev–Trinajstić information content (AvgIpc) is 3.30. The van der Waals surface area contributed by atoms with Gasteiger partial charge in [0.15, 0.2) is 0 Å². The summed E-state index contributed by atoms with van der Waals surface area (Å²) in [7, 11) is 1.58. The molecule has 0 aliphatic rings. The van der Waals surface area contributed by atoms with Crippen LogP contribution in [-0.2, 0) is 18.4 Å². The van der Waals surface area contributed by atoms with Crippen LogP contribution >= 0.6 is 7.82 Å². The molecule has 0 saturated carbocycles. The summed E-state index contributed by atoms with van der Waals surface area (Å²) < 4.78 is 23.7. The van der Waals surface area contributed by atoms with Crippen LogP contribution in [0.15, 0.2) is 36.5 Å². The van der Waals surface area contributed by atoms with E-state index in [2.05, 4.69) is 43.5 Å². The highest BCUT2D eigenvalue weighted by Gasteiger charge is 2.27. The van der Waals surface area contributed by atoms with Crippen molar-refractivity contribution >= 4 is 13.7 Å². The number of aliphatic hydroxyl groups is 1. The third-order valence-corrected chi connectivity index (χ3v) is 14.3. The normalized spacial score (nSPS) is 14.2. The number of unbranched alkanes of at least 4 members (excludes halogenated alkanes) is 37. The molecule has 0 spiro atoms. The van der Waals surface area contributed by atoms with Crippen LogP contribution in [0.1, 0.15) is 284 Å². The Hall–Kier alpha value is -1.28. The molecule has 0 aliphatic carbocycles. The monoisotopic (exact) mass is 980 g/mol. The van der Waals surface area contributed by atoms with E-state index in [1.807, 2.05) is 27.2 Å². The number of phosphoric ester groups is 1. The predicted molar refractivity (Wildman–Crippen MR) is 295 cm³/mol. The Morgan fingerprint density at radius 2 is 0.838 bits per heavy atom. The first-order chi connectivity index (χ1) is 33.0. The standard InChI is InChI=1S/C59H115N2O6P/c1-6-8-10-12-14-16-18-20-22-24-26-28-29-30-31-33-34-36-38-40-42-44-46-48-50-52-58(62)57(56-67-68(64,65)66-55-54-61(3,4)5)60-59(63)53-51-49-47-45-43-41-39-37-35-32-27-25-23-21-19-17-15-13-11-9-7-2/h19,21,25,27,50,52,57-58,62H,6-18,20,22-24,26,28-49,51,53-56H2,1-5H3,(H-,60,63,64,65)/p+1/b21-19-,27-25-,52-50+. The summed E-state index contributed by atoms with van der Waals surface area (Å²) in [6.45, 7) is 4.84. The summed E-state index contributed by atoms with van der Waals surface area (Å²) >= 11 is 0. The van der Waals surface area contributed by atoms with Crippen molar-refractivity contribution in [2.75, 3.05) is 40.9 Å². The van der Waals surface area contributed by atoms with Gasteiger partial charge in [-0.05, 0) is 51.4 Å². The van der Waals surface area contributed by atoms with Gasteiger partial charge in [0.05, 0.1) is 39.9 Å². The van der Waals surface area contributed by atoms with Gasteiger partial charge in [0.2, 0.25) is 5.91 Å². The first-order valence-corrected chi connectivity index (χ1v) is 30.9. The molecular formula is C59H116N2O6P+. The summed E-state index contributed by atoms with van der Waals surface area (Å²) in [4.78, 5) is 23.3. The van der Waals surface area contributed by atoms with Crippen LogP contribution in [0.3, 0.4) is 0 Å². The lowest BCUT2D eigenvalue weighted by molar-refractivity contribution is -0.870. The van der Waals surface area contributed by atoms with Gasteiger partial charge in [-0.3, -0.25) is 13.8 Å². The molecule has 0 bridgehead atoms. The van der Waals surface area contributed by atoms with E-state index in [1.165, 1.54) is 218 Å². The van der Waals surface area contributed by atoms with Crippen molar-refractivity contribution in [1.29, 1.82) is 0 Å². The number of rotatable bonds is 54. The fourth-order valence-corrected chi connectivity index (χ4v) is 9.46. The van der Waals surface area contributed by atoms with Crippen molar-refractivity contribution in [3.63, 3.8) is 0 Å². The number of phosphoric acid groups is 1. The van der Waals surface area contributed by atoms with Gasteiger partial charge in [-0.2, -0.15) is 0 Å². The molecule has 9 heteroatoms. The minimum Gasteiger partial charge on any atom is -0.387 e. The Balaban J connectivity index is 4.21. The number of carbonyl (C=O) groups is 1. The maximum atomic E-state index is 13.0. The Bertz CT molecular complexity index is 1200. The second-order valence-electron chi connectivity index (χ2n) is 21.4. The number of hydrogen-bond acceptors (Lipinski definition) is 5. The van der Waals surface area contributed by atoms with Gasteiger partial charge in [0.25, 0.3) is 0 Å². The SMILES string of the molecule is CCCCCCC/C=C\C/C=C\CCCCCCCCCCCC(=O)NC(COP(=O)(O)OCC[N+](C)(C)C)C(O)/C=C/CCCCCCCCCCCCCCCCCCCCCCCCC. The maximum absolute atomic E-state index is 13.0. The molecule has 3 unspecified atom stereocenters. The fourth-order valence-electron chi connectivity index (χ4n) is 8.72. The maximum Gasteiger partial charge on any atom is 0.472 e. The second kappa shape index (κ2) is 50.7. The van der Waals surface area contributed by atoms with Crippen LogP contribution in [0.4, 0.5) is 0 Å². The van der Waals surface area contributed by atoms with Crippen LogP contribution in [0.25, 0.3) is 0 Å². The number of likely N-dealkylation sites (N-methyl/N-ethyl adjacent to an activating group) is 1. The van der Waals surface area contributed by atoms with Gasteiger partial charge in [0.1, 0.15) is 13.2 Å². The van der Waals surface area contributed by atoms with Crippen LogP contribution in [-0.4, -0.2) is 73.4 Å². The average molecular weight is 981 g/mol. The van der Waals surface area contributed by atoms with Gasteiger partial charge in [-0.1, -0.05) is 262 Å². The molecule has 0 aromatic heterocycles. The molecule has 8 nitrogen and oxygen atoms in total. The van der Waals surface area contributed by atoms with E-state index in [4.69, 9.17) is 9.05 Å². The van der Waals surface area contributed by atoms with E-state index in [9.17, 15) is 19.4 Å². The number of nitrogens with zero attached hydrogens (tertiary/aromatic N) is 1. The highest BCUT2D eigenvalue weighted by Crippen LogP contribution is 2.43. The number of quaternary nitrogens is 1. The van der Waals surface area contributed by atoms with Crippen molar-refractivity contribution in [3.05, 3.63) is 36.5 Å². The first-order valence-electron chi connectivity index (χ1n) is 29.4. The molecule has 0 aromatic carbocycles. The topological polar surface area (TPSA) is 105 Å². The molecule has 0 rings (SSSR count). The molecule has 68 heavy (non-hydrogen) atoms. The Labute approximate surface area is 423 Å². The molecular weight excluding hydrogens is 864 g/mol. The number of amides is 1. The molecule has 1 amide bonds. The van der Waals surface area contributed by atoms with E-state index in [-0.39, 0.29) is 19.1 Å². The second-order valence-corrected chi connectivity index (χ2v) is 22.8. The van der Waals surface area contributed by atoms with E-state index in [0.29, 0.717) is 17.4 Å². The van der Waals surface area contributed by atoms with Crippen molar-refractivity contribution in [2.45, 2.75) is 296 Å². The number of aliphatic hydroxyl groups excluding tert-OH is 1. The van der Waals surface area contributed by atoms with Gasteiger partial charge in [-0.25, -0.2) is 4.57 Å². The summed E-state index contributed by atoms with van der Waals surface area (Å²) in [6.07, 6.45) is 65.3. The lowest BCUT2D eigenvalue weighted by atomic mass is 10.0. The number of allylic oxidation sites excluding steroid dienone is 5. The minimum absolute atomic E-state index is 0.0611. The fraction of sp³-hybridized carbons (Fsp3) is 0.881. The highest BCUT2D eigenvalue weighted by molar-refractivity contribution is 7.47. The summed E-state index contributed by atoms with van der Waals surface area (Å²) in [5.41, 5.74) is 0. The largest absolute Gasteiger partial charge is 0.472 e. The Morgan fingerprint density at radius 1 is 0.500 bits per heavy atom. The molecule has 0 radical (unpaired) electrons. The van der Waals surface area contributed by atoms with Gasteiger partial charge >= 0.3 is 7.82 Å². The molecule has 402 valence electrons. The van der Waals surface area contributed by atoms with Crippen LogP contribution in [0.5, 0.6) is 0 Å². The predicted octanol–water partition coefficient (Wildman–Crippen LogP) is 17.8. The molecule has 0 aliphatic heterocycles. The van der Waals surface area contributed by atoms with Crippen LogP contribution in [0.2, 0.25) is 0 Å². The molecule has 3 N–H and O–H groups in total. The van der Waals surface area contributed by atoms with E-state index < -0.39 is 20.0 Å². The third kappa shape index (κ3) is 52.5. The molecule has 3 atom stereocenters. The molecule has 0 aromatic rings. The lowest BCUT2D eigenvalue weighted by Gasteiger charge is -2.25. The highest BCUT2D eigenvalue weighted by atomic mass is 31.2. The Morgan fingerprint density at radius 3 is 1.21 bits per heavy atom. The van der Waals surface area contributed by atoms with Crippen molar-refractivity contribution in [1.82, 2.24) is 5.32 Å². The van der Waals surface area contributed by atoms with E-state index in [0.717, 1.165) is 44.9 Å². The zero-order valence-corrected chi connectivity index (χ0v) is 46.8. The zero-order chi connectivity index (χ0) is 49.9. The number of hydrogen-bond donors (Lipinski definition) is 3. The lowest BCUT2D eigenvalue weighted by Crippen LogP contribution is -2.45.